The minimum atomic E-state index is 0.811. The molecule has 1 nitrogen and oxygen atoms in total. The average Bonchev–Trinajstić information content (AvgIpc) is 2.81. The molecule has 2 heteroatoms. The quantitative estimate of drug-likeness (QED) is 0.650. The van der Waals surface area contributed by atoms with Crippen LogP contribution in [0.25, 0.3) is 6.08 Å². The lowest BCUT2D eigenvalue weighted by Crippen LogP contribution is -1.63. The molecule has 1 fully saturated rings. The fourth-order valence-corrected chi connectivity index (χ4v) is 1.78. The predicted molar refractivity (Wildman–Crippen MR) is 51.5 cm³/mol. The number of hydrogen-bond acceptors (Lipinski definition) is 2. The van der Waals surface area contributed by atoms with Gasteiger partial charge in [-0.05, 0) is 37.0 Å². The normalized spacial score (nSPS) is 17.0. The Bertz CT molecular complexity index is 307. The van der Waals surface area contributed by atoms with E-state index in [1.165, 1.54) is 17.7 Å². The van der Waals surface area contributed by atoms with E-state index in [4.69, 9.17) is 0 Å². The first-order valence-corrected chi connectivity index (χ1v) is 4.93. The summed E-state index contributed by atoms with van der Waals surface area (Å²) in [6, 6.07) is 3.86. The summed E-state index contributed by atoms with van der Waals surface area (Å²) in [5.74, 6) is 0.812. The Morgan fingerprint density at radius 3 is 2.67 bits per heavy atom. The SMILES string of the molecule is O=Cc1ccc(C=CC2CC2)s1. The first kappa shape index (κ1) is 7.74. The van der Waals surface area contributed by atoms with Crippen LogP contribution < -0.4 is 0 Å². The predicted octanol–water partition coefficient (Wildman–Crippen LogP) is 2.98. The van der Waals surface area contributed by atoms with Crippen molar-refractivity contribution in [2.45, 2.75) is 12.8 Å². The van der Waals surface area contributed by atoms with Gasteiger partial charge in [0.2, 0.25) is 0 Å². The maximum absolute atomic E-state index is 10.4. The second-order valence-electron chi connectivity index (χ2n) is 3.05. The highest BCUT2D eigenvalue weighted by Gasteiger charge is 2.16. The smallest absolute Gasteiger partial charge is 0.160 e. The molecule has 1 aromatic heterocycles. The van der Waals surface area contributed by atoms with E-state index in [-0.39, 0.29) is 0 Å². The lowest BCUT2D eigenvalue weighted by molar-refractivity contribution is 0.112. The first-order chi connectivity index (χ1) is 5.88. The summed E-state index contributed by atoms with van der Waals surface area (Å²) in [7, 11) is 0. The molecule has 0 bridgehead atoms. The van der Waals surface area contributed by atoms with E-state index in [1.807, 2.05) is 12.1 Å². The highest BCUT2D eigenvalue weighted by Crippen LogP contribution is 2.31. The van der Waals surface area contributed by atoms with Crippen LogP contribution in [-0.2, 0) is 0 Å². The Morgan fingerprint density at radius 2 is 2.08 bits per heavy atom. The standard InChI is InChI=1S/C10H10OS/c11-7-10-6-5-9(12-10)4-3-8-1-2-8/h3-8H,1-2H2. The lowest BCUT2D eigenvalue weighted by Gasteiger charge is -1.81. The van der Waals surface area contributed by atoms with Crippen LogP contribution in [0.3, 0.4) is 0 Å². The maximum Gasteiger partial charge on any atom is 0.160 e. The molecule has 0 atom stereocenters. The molecule has 0 aliphatic heterocycles. The van der Waals surface area contributed by atoms with Gasteiger partial charge in [0.05, 0.1) is 4.88 Å². The van der Waals surface area contributed by atoms with Crippen LogP contribution in [0.2, 0.25) is 0 Å². The molecule has 62 valence electrons. The van der Waals surface area contributed by atoms with Gasteiger partial charge in [0.1, 0.15) is 0 Å². The molecule has 0 amide bonds. The van der Waals surface area contributed by atoms with Crippen molar-refractivity contribution in [3.05, 3.63) is 28.0 Å². The molecule has 0 unspecified atom stereocenters. The molecule has 0 spiro atoms. The van der Waals surface area contributed by atoms with Gasteiger partial charge in [-0.3, -0.25) is 4.79 Å². The van der Waals surface area contributed by atoms with Crippen molar-refractivity contribution >= 4 is 23.7 Å². The highest BCUT2D eigenvalue weighted by atomic mass is 32.1. The summed E-state index contributed by atoms with van der Waals surface area (Å²) in [5.41, 5.74) is 0. The van der Waals surface area contributed by atoms with Crippen molar-refractivity contribution in [3.63, 3.8) is 0 Å². The molecule has 1 saturated carbocycles. The number of rotatable bonds is 3. The van der Waals surface area contributed by atoms with Crippen LogP contribution in [0.5, 0.6) is 0 Å². The summed E-state index contributed by atoms with van der Waals surface area (Å²) < 4.78 is 0. The zero-order valence-corrected chi connectivity index (χ0v) is 7.51. The number of hydrogen-bond donors (Lipinski definition) is 0. The van der Waals surface area contributed by atoms with Gasteiger partial charge in [0.15, 0.2) is 6.29 Å². The number of carbonyl (C=O) groups is 1. The van der Waals surface area contributed by atoms with Crippen LogP contribution in [0.4, 0.5) is 0 Å². The molecule has 1 aliphatic carbocycles. The molecule has 1 heterocycles. The van der Waals surface area contributed by atoms with Crippen LogP contribution in [0.15, 0.2) is 18.2 Å². The summed E-state index contributed by atoms with van der Waals surface area (Å²) >= 11 is 1.55. The van der Waals surface area contributed by atoms with E-state index in [0.29, 0.717) is 0 Å². The average molecular weight is 178 g/mol. The molecule has 1 aromatic rings. The Labute approximate surface area is 75.7 Å². The van der Waals surface area contributed by atoms with E-state index in [1.54, 1.807) is 11.3 Å². The Morgan fingerprint density at radius 1 is 1.33 bits per heavy atom. The topological polar surface area (TPSA) is 17.1 Å². The largest absolute Gasteiger partial charge is 0.297 e. The summed E-state index contributed by atoms with van der Waals surface area (Å²) in [6.07, 6.45) is 7.93. The Balaban J connectivity index is 2.06. The minimum absolute atomic E-state index is 0.811. The maximum atomic E-state index is 10.4. The van der Waals surface area contributed by atoms with Crippen molar-refractivity contribution in [3.8, 4) is 0 Å². The third-order valence-corrected chi connectivity index (χ3v) is 2.89. The van der Waals surface area contributed by atoms with E-state index >= 15 is 0 Å². The van der Waals surface area contributed by atoms with Crippen LogP contribution in [-0.4, -0.2) is 6.29 Å². The van der Waals surface area contributed by atoms with Crippen molar-refractivity contribution in [1.29, 1.82) is 0 Å². The zero-order chi connectivity index (χ0) is 8.39. The number of aldehydes is 1. The zero-order valence-electron chi connectivity index (χ0n) is 6.69. The first-order valence-electron chi connectivity index (χ1n) is 4.12. The summed E-state index contributed by atoms with van der Waals surface area (Å²) in [4.78, 5) is 12.4. The molecule has 12 heavy (non-hydrogen) atoms. The third-order valence-electron chi connectivity index (χ3n) is 1.92. The van der Waals surface area contributed by atoms with E-state index in [2.05, 4.69) is 12.2 Å². The number of allylic oxidation sites excluding steroid dienone is 1. The second kappa shape index (κ2) is 3.23. The fourth-order valence-electron chi connectivity index (χ4n) is 1.04. The summed E-state index contributed by atoms with van der Waals surface area (Å²) in [5, 5.41) is 0. The molecule has 0 saturated heterocycles. The van der Waals surface area contributed by atoms with Gasteiger partial charge in [-0.25, -0.2) is 0 Å². The Hall–Kier alpha value is -0.890. The molecule has 1 aliphatic rings. The van der Waals surface area contributed by atoms with Crippen LogP contribution in [0.1, 0.15) is 27.4 Å². The molecular weight excluding hydrogens is 168 g/mol. The molecular formula is C10H10OS. The molecule has 2 rings (SSSR count). The number of carbonyl (C=O) groups excluding carboxylic acids is 1. The van der Waals surface area contributed by atoms with Crippen molar-refractivity contribution in [2.24, 2.45) is 5.92 Å². The van der Waals surface area contributed by atoms with Crippen LogP contribution in [0, 0.1) is 5.92 Å². The fraction of sp³-hybridized carbons (Fsp3) is 0.300. The monoisotopic (exact) mass is 178 g/mol. The van der Waals surface area contributed by atoms with E-state index in [0.717, 1.165) is 17.1 Å². The van der Waals surface area contributed by atoms with Crippen molar-refractivity contribution in [2.75, 3.05) is 0 Å². The van der Waals surface area contributed by atoms with Gasteiger partial charge in [-0.2, -0.15) is 0 Å². The lowest BCUT2D eigenvalue weighted by atomic mass is 10.3. The number of thiophene rings is 1. The van der Waals surface area contributed by atoms with Gasteiger partial charge < -0.3 is 0 Å². The van der Waals surface area contributed by atoms with Gasteiger partial charge in [-0.1, -0.05) is 6.08 Å². The molecule has 0 N–H and O–H groups in total. The van der Waals surface area contributed by atoms with Gasteiger partial charge >= 0.3 is 0 Å². The van der Waals surface area contributed by atoms with Crippen molar-refractivity contribution < 1.29 is 4.79 Å². The van der Waals surface area contributed by atoms with E-state index in [9.17, 15) is 4.79 Å². The van der Waals surface area contributed by atoms with E-state index < -0.39 is 0 Å². The summed E-state index contributed by atoms with van der Waals surface area (Å²) in [6.45, 7) is 0. The highest BCUT2D eigenvalue weighted by molar-refractivity contribution is 7.14. The van der Waals surface area contributed by atoms with Gasteiger partial charge in [0, 0.05) is 4.88 Å². The molecule has 0 radical (unpaired) electrons. The van der Waals surface area contributed by atoms with Crippen molar-refractivity contribution in [1.82, 2.24) is 0 Å². The Kier molecular flexibility index (Phi) is 2.09. The minimum Gasteiger partial charge on any atom is -0.297 e. The molecule has 0 aromatic carbocycles. The third kappa shape index (κ3) is 1.83. The van der Waals surface area contributed by atoms with Crippen LogP contribution >= 0.6 is 11.3 Å². The second-order valence-corrected chi connectivity index (χ2v) is 4.20. The van der Waals surface area contributed by atoms with Gasteiger partial charge in [0.25, 0.3) is 0 Å². The van der Waals surface area contributed by atoms with Gasteiger partial charge in [-0.15, -0.1) is 11.3 Å².